The first-order valence-electron chi connectivity index (χ1n) is 6.11. The Balaban J connectivity index is 1.77. The Bertz CT molecular complexity index is 372. The molecule has 0 aromatic carbocycles. The number of nitrogens with zero attached hydrogens (tertiary/aromatic N) is 1. The highest BCUT2D eigenvalue weighted by molar-refractivity contribution is 5.85. The summed E-state index contributed by atoms with van der Waals surface area (Å²) in [6, 6.07) is 5.72. The van der Waals surface area contributed by atoms with E-state index in [1.54, 1.807) is 6.20 Å². The molecule has 2 N–H and O–H groups in total. The predicted molar refractivity (Wildman–Crippen MR) is 64.4 cm³/mol. The maximum Gasteiger partial charge on any atom is 0.251 e. The van der Waals surface area contributed by atoms with Gasteiger partial charge in [-0.15, -0.1) is 0 Å². The maximum atomic E-state index is 11.8. The minimum Gasteiger partial charge on any atom is -0.380 e. The molecule has 4 heteroatoms. The van der Waals surface area contributed by atoms with Crippen LogP contribution in [0.3, 0.4) is 0 Å². The molecular weight excluding hydrogens is 216 g/mol. The Morgan fingerprint density at radius 1 is 1.41 bits per heavy atom. The van der Waals surface area contributed by atoms with Gasteiger partial charge >= 0.3 is 0 Å². The summed E-state index contributed by atoms with van der Waals surface area (Å²) in [5.74, 6) is -0.231. The molecule has 0 bridgehead atoms. The van der Waals surface area contributed by atoms with Crippen LogP contribution in [0, 0.1) is 0 Å². The molecule has 1 heterocycles. The van der Waals surface area contributed by atoms with Crippen LogP contribution in [0.5, 0.6) is 0 Å². The van der Waals surface area contributed by atoms with Crippen molar-refractivity contribution in [3.63, 3.8) is 0 Å². The van der Waals surface area contributed by atoms with E-state index in [1.807, 2.05) is 18.2 Å². The van der Waals surface area contributed by atoms with Crippen LogP contribution in [0.4, 0.5) is 0 Å². The third-order valence-corrected chi connectivity index (χ3v) is 3.25. The molecule has 0 spiro atoms. The topological polar surface area (TPSA) is 62.2 Å². The van der Waals surface area contributed by atoms with Crippen molar-refractivity contribution in [3.8, 4) is 0 Å². The second kappa shape index (κ2) is 5.27. The quantitative estimate of drug-likeness (QED) is 0.818. The number of aromatic nitrogens is 1. The SMILES string of the molecule is O=C(NCCc1ccccn1)C1(O)CCCC1. The number of amides is 1. The first kappa shape index (κ1) is 12.0. The molecule has 1 aliphatic carbocycles. The molecule has 0 unspecified atom stereocenters. The van der Waals surface area contributed by atoms with Gasteiger partial charge in [0.2, 0.25) is 0 Å². The molecule has 2 rings (SSSR count). The fourth-order valence-corrected chi connectivity index (χ4v) is 2.20. The van der Waals surface area contributed by atoms with E-state index in [0.717, 1.165) is 18.5 Å². The van der Waals surface area contributed by atoms with Crippen LogP contribution < -0.4 is 5.32 Å². The smallest absolute Gasteiger partial charge is 0.251 e. The molecule has 0 saturated heterocycles. The molecule has 17 heavy (non-hydrogen) atoms. The first-order valence-corrected chi connectivity index (χ1v) is 6.11. The van der Waals surface area contributed by atoms with Gasteiger partial charge in [0.05, 0.1) is 0 Å². The summed E-state index contributed by atoms with van der Waals surface area (Å²) in [5, 5.41) is 12.8. The van der Waals surface area contributed by atoms with Gasteiger partial charge in [-0.3, -0.25) is 9.78 Å². The number of aliphatic hydroxyl groups is 1. The fraction of sp³-hybridized carbons (Fsp3) is 0.538. The molecule has 1 aromatic heterocycles. The molecule has 1 aromatic rings. The van der Waals surface area contributed by atoms with Crippen LogP contribution in [0.15, 0.2) is 24.4 Å². The number of hydrogen-bond acceptors (Lipinski definition) is 3. The van der Waals surface area contributed by atoms with Crippen molar-refractivity contribution < 1.29 is 9.90 Å². The lowest BCUT2D eigenvalue weighted by molar-refractivity contribution is -0.139. The first-order chi connectivity index (χ1) is 8.21. The van der Waals surface area contributed by atoms with Crippen molar-refractivity contribution in [3.05, 3.63) is 30.1 Å². The highest BCUT2D eigenvalue weighted by Crippen LogP contribution is 2.29. The third kappa shape index (κ3) is 3.03. The summed E-state index contributed by atoms with van der Waals surface area (Å²) in [5.41, 5.74) is -0.171. The number of carbonyl (C=O) groups excluding carboxylic acids is 1. The molecule has 1 aliphatic rings. The van der Waals surface area contributed by atoms with Crippen molar-refractivity contribution in [1.29, 1.82) is 0 Å². The summed E-state index contributed by atoms with van der Waals surface area (Å²) >= 11 is 0. The van der Waals surface area contributed by atoms with Gasteiger partial charge in [-0.25, -0.2) is 0 Å². The van der Waals surface area contributed by atoms with Gasteiger partial charge in [0.25, 0.3) is 5.91 Å². The average molecular weight is 234 g/mol. The zero-order valence-corrected chi connectivity index (χ0v) is 9.85. The van der Waals surface area contributed by atoms with Gasteiger partial charge in [-0.05, 0) is 37.8 Å². The van der Waals surface area contributed by atoms with Crippen molar-refractivity contribution in [2.75, 3.05) is 6.54 Å². The molecule has 1 amide bonds. The number of nitrogens with one attached hydrogen (secondary N) is 1. The van der Waals surface area contributed by atoms with Gasteiger partial charge in [-0.1, -0.05) is 6.07 Å². The van der Waals surface area contributed by atoms with Crippen LogP contribution in [-0.4, -0.2) is 28.1 Å². The van der Waals surface area contributed by atoms with Crippen LogP contribution in [0.25, 0.3) is 0 Å². The van der Waals surface area contributed by atoms with E-state index >= 15 is 0 Å². The Hall–Kier alpha value is -1.42. The van der Waals surface area contributed by atoms with Crippen LogP contribution in [-0.2, 0) is 11.2 Å². The van der Waals surface area contributed by atoms with Crippen molar-refractivity contribution in [1.82, 2.24) is 10.3 Å². The predicted octanol–water partition coefficient (Wildman–Crippen LogP) is 1.05. The van der Waals surface area contributed by atoms with E-state index in [-0.39, 0.29) is 5.91 Å². The van der Waals surface area contributed by atoms with Crippen molar-refractivity contribution >= 4 is 5.91 Å². The third-order valence-electron chi connectivity index (χ3n) is 3.25. The van der Waals surface area contributed by atoms with E-state index in [4.69, 9.17) is 0 Å². The summed E-state index contributed by atoms with van der Waals surface area (Å²) in [7, 11) is 0. The van der Waals surface area contributed by atoms with Crippen molar-refractivity contribution in [2.24, 2.45) is 0 Å². The van der Waals surface area contributed by atoms with E-state index in [2.05, 4.69) is 10.3 Å². The van der Waals surface area contributed by atoms with Crippen LogP contribution >= 0.6 is 0 Å². The number of pyridine rings is 1. The minimum absolute atomic E-state index is 0.231. The summed E-state index contributed by atoms with van der Waals surface area (Å²) in [4.78, 5) is 16.0. The van der Waals surface area contributed by atoms with E-state index in [9.17, 15) is 9.90 Å². The monoisotopic (exact) mass is 234 g/mol. The number of rotatable bonds is 4. The van der Waals surface area contributed by atoms with Gasteiger partial charge in [0.1, 0.15) is 5.60 Å². The molecule has 1 fully saturated rings. The second-order valence-electron chi connectivity index (χ2n) is 4.57. The molecule has 92 valence electrons. The lowest BCUT2D eigenvalue weighted by Gasteiger charge is -2.20. The fourth-order valence-electron chi connectivity index (χ4n) is 2.20. The molecule has 0 atom stereocenters. The minimum atomic E-state index is -1.12. The van der Waals surface area contributed by atoms with Crippen LogP contribution in [0.1, 0.15) is 31.4 Å². The maximum absolute atomic E-state index is 11.8. The molecule has 4 nitrogen and oxygen atoms in total. The average Bonchev–Trinajstić information content (AvgIpc) is 2.79. The van der Waals surface area contributed by atoms with Gasteiger partial charge < -0.3 is 10.4 Å². The van der Waals surface area contributed by atoms with Gasteiger partial charge in [0.15, 0.2) is 0 Å². The second-order valence-corrected chi connectivity index (χ2v) is 4.57. The summed E-state index contributed by atoms with van der Waals surface area (Å²) < 4.78 is 0. The Kier molecular flexibility index (Phi) is 3.74. The highest BCUT2D eigenvalue weighted by Gasteiger charge is 2.38. The standard InChI is InChI=1S/C13H18N2O2/c16-12(13(17)7-2-3-8-13)15-10-6-11-5-1-4-9-14-11/h1,4-5,9,17H,2-3,6-8,10H2,(H,15,16). The summed E-state index contributed by atoms with van der Waals surface area (Å²) in [6.45, 7) is 0.526. The Morgan fingerprint density at radius 2 is 2.18 bits per heavy atom. The summed E-state index contributed by atoms with van der Waals surface area (Å²) in [6.07, 6.45) is 5.48. The lowest BCUT2D eigenvalue weighted by Crippen LogP contribution is -2.45. The molecule has 0 radical (unpaired) electrons. The van der Waals surface area contributed by atoms with Gasteiger partial charge in [0, 0.05) is 24.9 Å². The van der Waals surface area contributed by atoms with Crippen molar-refractivity contribution in [2.45, 2.75) is 37.7 Å². The molecule has 1 saturated carbocycles. The lowest BCUT2D eigenvalue weighted by atomic mass is 10.0. The van der Waals surface area contributed by atoms with E-state index in [1.165, 1.54) is 0 Å². The Labute approximate surface area is 101 Å². The van der Waals surface area contributed by atoms with Crippen LogP contribution in [0.2, 0.25) is 0 Å². The molecular formula is C13H18N2O2. The Morgan fingerprint density at radius 3 is 2.82 bits per heavy atom. The van der Waals surface area contributed by atoms with E-state index in [0.29, 0.717) is 25.8 Å². The normalized spacial score (nSPS) is 17.9. The zero-order chi connectivity index (χ0) is 12.1. The van der Waals surface area contributed by atoms with Gasteiger partial charge in [-0.2, -0.15) is 0 Å². The zero-order valence-electron chi connectivity index (χ0n) is 9.85. The molecule has 0 aliphatic heterocycles. The number of hydrogen-bond donors (Lipinski definition) is 2. The highest BCUT2D eigenvalue weighted by atomic mass is 16.3. The largest absolute Gasteiger partial charge is 0.380 e. The van der Waals surface area contributed by atoms with E-state index < -0.39 is 5.60 Å². The number of carbonyl (C=O) groups is 1.